The Morgan fingerprint density at radius 2 is 1.91 bits per heavy atom. The number of ether oxygens (including phenoxy) is 1. The number of nitrogens with zero attached hydrogens (tertiary/aromatic N) is 2. The number of rotatable bonds is 5. The third-order valence-electron chi connectivity index (χ3n) is 6.18. The van der Waals surface area contributed by atoms with Crippen molar-refractivity contribution in [2.24, 2.45) is 0 Å². The van der Waals surface area contributed by atoms with Gasteiger partial charge in [0.2, 0.25) is 11.5 Å². The molecule has 0 saturated carbocycles. The van der Waals surface area contributed by atoms with Crippen LogP contribution in [0.3, 0.4) is 0 Å². The number of benzene rings is 2. The Bertz CT molecular complexity index is 1190. The molecule has 2 aromatic rings. The van der Waals surface area contributed by atoms with Crippen LogP contribution in [-0.4, -0.2) is 51.6 Å². The van der Waals surface area contributed by atoms with Gasteiger partial charge in [0.25, 0.3) is 5.91 Å². The number of halogens is 5. The summed E-state index contributed by atoms with van der Waals surface area (Å²) in [4.78, 5) is 39.8. The predicted octanol–water partition coefficient (Wildman–Crippen LogP) is 4.18. The van der Waals surface area contributed by atoms with Crippen LogP contribution in [0.4, 0.5) is 22.4 Å². The molecule has 2 aromatic carbocycles. The lowest BCUT2D eigenvalue weighted by atomic mass is 9.95. The summed E-state index contributed by atoms with van der Waals surface area (Å²) >= 11 is 3.26. The first-order chi connectivity index (χ1) is 16.3. The molecular weight excluding hydrogens is 540 g/mol. The van der Waals surface area contributed by atoms with Crippen molar-refractivity contribution in [1.82, 2.24) is 9.80 Å². The Labute approximate surface area is 205 Å². The Kier molecular flexibility index (Phi) is 6.39. The molecule has 1 N–H and O–H groups in total. The largest absolute Gasteiger partial charge is 0.427 e. The summed E-state index contributed by atoms with van der Waals surface area (Å²) < 4.78 is 59.7. The monoisotopic (exact) mass is 558 g/mol. The molecule has 3 amide bonds. The van der Waals surface area contributed by atoms with Crippen LogP contribution in [-0.2, 0) is 26.5 Å². The van der Waals surface area contributed by atoms with Gasteiger partial charge in [-0.05, 0) is 42.3 Å². The van der Waals surface area contributed by atoms with Crippen LogP contribution in [0, 0.1) is 5.82 Å². The zero-order chi connectivity index (χ0) is 25.7. The average molecular weight is 559 g/mol. The second-order valence-corrected chi connectivity index (χ2v) is 9.32. The molecule has 186 valence electrons. The first-order valence-corrected chi connectivity index (χ1v) is 11.3. The third-order valence-corrected chi connectivity index (χ3v) is 6.68. The maximum Gasteiger partial charge on any atom is 0.418 e. The molecule has 12 heteroatoms. The van der Waals surface area contributed by atoms with Crippen LogP contribution in [0.25, 0.3) is 0 Å². The quantitative estimate of drug-likeness (QED) is 0.556. The van der Waals surface area contributed by atoms with Gasteiger partial charge in [-0.25, -0.2) is 14.1 Å². The van der Waals surface area contributed by atoms with E-state index < -0.39 is 60.7 Å². The summed E-state index contributed by atoms with van der Waals surface area (Å²) in [7, 11) is 0. The molecule has 2 aliphatic rings. The number of amides is 3. The van der Waals surface area contributed by atoms with E-state index in [0.717, 1.165) is 19.1 Å². The highest BCUT2D eigenvalue weighted by Crippen LogP contribution is 2.50. The molecule has 0 unspecified atom stereocenters. The van der Waals surface area contributed by atoms with Gasteiger partial charge in [0.15, 0.2) is 0 Å². The minimum Gasteiger partial charge on any atom is -0.427 e. The molecule has 1 aliphatic heterocycles. The summed E-state index contributed by atoms with van der Waals surface area (Å²) in [6.45, 7) is -0.755. The summed E-state index contributed by atoms with van der Waals surface area (Å²) in [6, 6.07) is 6.95. The number of aliphatic hydroxyl groups excluding tert-OH is 1. The molecule has 4 rings (SSSR count). The highest BCUT2D eigenvalue weighted by atomic mass is 79.9. The van der Waals surface area contributed by atoms with Crippen molar-refractivity contribution < 1.29 is 41.8 Å². The van der Waals surface area contributed by atoms with Crippen LogP contribution < -0.4 is 0 Å². The summed E-state index contributed by atoms with van der Waals surface area (Å²) in [5.74, 6) is -2.70. The number of aliphatic hydroxyl groups is 1. The highest BCUT2D eigenvalue weighted by Gasteiger charge is 2.61. The molecule has 1 heterocycles. The van der Waals surface area contributed by atoms with Gasteiger partial charge in [-0.1, -0.05) is 34.1 Å². The van der Waals surface area contributed by atoms with Crippen molar-refractivity contribution in [2.45, 2.75) is 43.8 Å². The van der Waals surface area contributed by atoms with Crippen LogP contribution in [0.5, 0.6) is 0 Å². The second kappa shape index (κ2) is 8.90. The van der Waals surface area contributed by atoms with Gasteiger partial charge in [0.05, 0.1) is 6.10 Å². The smallest absolute Gasteiger partial charge is 0.418 e. The molecule has 35 heavy (non-hydrogen) atoms. The van der Waals surface area contributed by atoms with E-state index in [2.05, 4.69) is 15.9 Å². The second-order valence-electron chi connectivity index (χ2n) is 8.40. The van der Waals surface area contributed by atoms with Crippen molar-refractivity contribution in [1.29, 1.82) is 0 Å². The maximum absolute atomic E-state index is 13.5. The van der Waals surface area contributed by atoms with Crippen molar-refractivity contribution in [2.75, 3.05) is 6.54 Å². The van der Waals surface area contributed by atoms with Crippen LogP contribution in [0.1, 0.15) is 36.1 Å². The SMILES string of the molecule is C[C@H](N(Cc1ccc(F)cc1)C(=O)CN1C(=O)O[C@]2(C[C@@H](O)c3cc(Br)ccc32)C1=O)C(F)(F)F. The molecule has 1 fully saturated rings. The molecule has 1 aliphatic carbocycles. The van der Waals surface area contributed by atoms with Gasteiger partial charge >= 0.3 is 12.3 Å². The van der Waals surface area contributed by atoms with Crippen molar-refractivity contribution >= 4 is 33.8 Å². The lowest BCUT2D eigenvalue weighted by Gasteiger charge is -2.31. The Morgan fingerprint density at radius 3 is 2.54 bits per heavy atom. The lowest BCUT2D eigenvalue weighted by Crippen LogP contribution is -2.51. The average Bonchev–Trinajstić information content (AvgIpc) is 3.19. The van der Waals surface area contributed by atoms with Crippen LogP contribution >= 0.6 is 15.9 Å². The van der Waals surface area contributed by atoms with Gasteiger partial charge in [-0.3, -0.25) is 9.59 Å². The normalized spacial score (nSPS) is 22.4. The lowest BCUT2D eigenvalue weighted by molar-refractivity contribution is -0.187. The molecule has 7 nitrogen and oxygen atoms in total. The Hall–Kier alpha value is -2.99. The van der Waals surface area contributed by atoms with Gasteiger partial charge in [-0.2, -0.15) is 13.2 Å². The number of alkyl halides is 3. The summed E-state index contributed by atoms with van der Waals surface area (Å²) in [5, 5.41) is 10.4. The van der Waals surface area contributed by atoms with E-state index in [4.69, 9.17) is 4.74 Å². The van der Waals surface area contributed by atoms with Crippen molar-refractivity contribution in [3.8, 4) is 0 Å². The first kappa shape index (κ1) is 25.1. The van der Waals surface area contributed by atoms with E-state index >= 15 is 0 Å². The highest BCUT2D eigenvalue weighted by molar-refractivity contribution is 9.10. The van der Waals surface area contributed by atoms with E-state index in [0.29, 0.717) is 19.8 Å². The molecule has 3 atom stereocenters. The number of fused-ring (bicyclic) bond motifs is 2. The van der Waals surface area contributed by atoms with E-state index in [1.165, 1.54) is 18.2 Å². The molecule has 0 bridgehead atoms. The fourth-order valence-corrected chi connectivity index (χ4v) is 4.66. The molecule has 1 saturated heterocycles. The van der Waals surface area contributed by atoms with E-state index in [1.54, 1.807) is 12.1 Å². The Balaban J connectivity index is 1.60. The molecule has 0 aromatic heterocycles. The van der Waals surface area contributed by atoms with Gasteiger partial charge < -0.3 is 14.7 Å². The summed E-state index contributed by atoms with van der Waals surface area (Å²) in [5.41, 5.74) is -1.05. The Morgan fingerprint density at radius 1 is 1.26 bits per heavy atom. The summed E-state index contributed by atoms with van der Waals surface area (Å²) in [6.07, 6.45) is -7.41. The van der Waals surface area contributed by atoms with Crippen molar-refractivity contribution in [3.63, 3.8) is 0 Å². The number of hydrogen-bond donors (Lipinski definition) is 1. The third kappa shape index (κ3) is 4.52. The van der Waals surface area contributed by atoms with E-state index in [-0.39, 0.29) is 17.5 Å². The first-order valence-electron chi connectivity index (χ1n) is 10.5. The van der Waals surface area contributed by atoms with E-state index in [1.807, 2.05) is 0 Å². The zero-order valence-corrected chi connectivity index (χ0v) is 19.8. The van der Waals surface area contributed by atoms with Gasteiger partial charge in [0.1, 0.15) is 18.4 Å². The molecule has 1 spiro atoms. The maximum atomic E-state index is 13.5. The minimum absolute atomic E-state index is 0.223. The van der Waals surface area contributed by atoms with Crippen molar-refractivity contribution in [3.05, 3.63) is 69.4 Å². The number of carbonyl (C=O) groups is 3. The standard InChI is InChI=1S/C23H19BrF4N2O5/c1-12(23(26,27)28)29(10-13-2-5-15(25)6-3-13)19(32)11-30-20(33)22(35-21(30)34)9-18(31)16-8-14(24)4-7-17(16)22/h2-8,12,18,31H,9-11H2,1H3/t12-,18+,22-/m0/s1. The van der Waals surface area contributed by atoms with Crippen LogP contribution in [0.15, 0.2) is 46.9 Å². The van der Waals surface area contributed by atoms with Gasteiger partial charge in [0, 0.05) is 23.0 Å². The zero-order valence-electron chi connectivity index (χ0n) is 18.2. The minimum atomic E-state index is -4.80. The van der Waals surface area contributed by atoms with Gasteiger partial charge in [-0.15, -0.1) is 0 Å². The number of carbonyl (C=O) groups excluding carboxylic acids is 3. The van der Waals surface area contributed by atoms with E-state index in [9.17, 15) is 37.1 Å². The van der Waals surface area contributed by atoms with Crippen LogP contribution in [0.2, 0.25) is 0 Å². The predicted molar refractivity (Wildman–Crippen MR) is 116 cm³/mol. The topological polar surface area (TPSA) is 87.2 Å². The fourth-order valence-electron chi connectivity index (χ4n) is 4.28. The molecule has 0 radical (unpaired) electrons. The number of imide groups is 1. The fraction of sp³-hybridized carbons (Fsp3) is 0.348. The molecular formula is C23H19BrF4N2O5. The number of hydrogen-bond acceptors (Lipinski definition) is 5.